The summed E-state index contributed by atoms with van der Waals surface area (Å²) in [4.78, 5) is 18.5. The molecule has 1 N–H and O–H groups in total. The first-order valence-electron chi connectivity index (χ1n) is 6.23. The van der Waals surface area contributed by atoms with Crippen molar-refractivity contribution in [1.82, 2.24) is 10.3 Å². The van der Waals surface area contributed by atoms with E-state index in [4.69, 9.17) is 5.26 Å². The van der Waals surface area contributed by atoms with Gasteiger partial charge in [-0.05, 0) is 12.3 Å². The summed E-state index contributed by atoms with van der Waals surface area (Å²) < 4.78 is 0. The fourth-order valence-electron chi connectivity index (χ4n) is 1.73. The molecule has 1 amide bonds. The zero-order chi connectivity index (χ0) is 14.4. The Balaban J connectivity index is 2.89. The lowest BCUT2D eigenvalue weighted by molar-refractivity contribution is -0.122. The van der Waals surface area contributed by atoms with E-state index in [1.807, 2.05) is 30.4 Å². The molecule has 6 heteroatoms. The summed E-state index contributed by atoms with van der Waals surface area (Å²) in [5.74, 6) is -0.00787. The molecule has 0 aliphatic carbocycles. The number of anilines is 1. The Bertz CT molecular complexity index is 461. The molecule has 0 fully saturated rings. The second-order valence-electron chi connectivity index (χ2n) is 5.01. The van der Waals surface area contributed by atoms with E-state index < -0.39 is 0 Å². The van der Waals surface area contributed by atoms with Gasteiger partial charge in [-0.1, -0.05) is 13.8 Å². The number of nitrogens with zero attached hydrogens (tertiary/aromatic N) is 3. The summed E-state index contributed by atoms with van der Waals surface area (Å²) in [7, 11) is 3.85. The van der Waals surface area contributed by atoms with E-state index in [2.05, 4.69) is 24.1 Å². The highest BCUT2D eigenvalue weighted by Crippen LogP contribution is 2.28. The normalized spacial score (nSPS) is 12.0. The molecule has 0 aliphatic rings. The average molecular weight is 280 g/mol. The van der Waals surface area contributed by atoms with Crippen LogP contribution in [0.25, 0.3) is 0 Å². The smallest absolute Gasteiger partial charge is 0.230 e. The number of nitriles is 1. The molecule has 104 valence electrons. The van der Waals surface area contributed by atoms with Crippen LogP contribution in [0.15, 0.2) is 5.38 Å². The van der Waals surface area contributed by atoms with Gasteiger partial charge in [0.1, 0.15) is 6.54 Å². The van der Waals surface area contributed by atoms with Crippen molar-refractivity contribution in [3.8, 4) is 6.07 Å². The number of rotatable bonds is 6. The maximum atomic E-state index is 12.1. The van der Waals surface area contributed by atoms with Crippen molar-refractivity contribution >= 4 is 22.4 Å². The van der Waals surface area contributed by atoms with Crippen molar-refractivity contribution in [1.29, 1.82) is 5.26 Å². The van der Waals surface area contributed by atoms with E-state index in [0.29, 0.717) is 5.92 Å². The number of hydrogen-bond donors (Lipinski definition) is 1. The Morgan fingerprint density at radius 1 is 1.58 bits per heavy atom. The lowest BCUT2D eigenvalue weighted by Crippen LogP contribution is -2.30. The van der Waals surface area contributed by atoms with Crippen molar-refractivity contribution in [3.05, 3.63) is 11.1 Å². The molecular formula is C13H20N4OS. The molecule has 5 nitrogen and oxygen atoms in total. The third-order valence-electron chi connectivity index (χ3n) is 2.61. The van der Waals surface area contributed by atoms with Crippen LogP contribution in [-0.2, 0) is 4.79 Å². The molecule has 1 heterocycles. The molecule has 0 aromatic carbocycles. The Kier molecular flexibility index (Phi) is 5.77. The van der Waals surface area contributed by atoms with Gasteiger partial charge >= 0.3 is 0 Å². The summed E-state index contributed by atoms with van der Waals surface area (Å²) >= 11 is 1.52. The first-order chi connectivity index (χ1) is 8.95. The third-order valence-corrected chi connectivity index (χ3v) is 3.64. The molecule has 1 unspecified atom stereocenters. The minimum Gasteiger partial charge on any atom is -0.354 e. The molecule has 0 saturated heterocycles. The van der Waals surface area contributed by atoms with Crippen LogP contribution in [0.4, 0.5) is 5.13 Å². The van der Waals surface area contributed by atoms with Crippen LogP contribution in [0, 0.1) is 17.2 Å². The Labute approximate surface area is 118 Å². The number of thiazole rings is 1. The fourth-order valence-corrected chi connectivity index (χ4v) is 2.54. The maximum Gasteiger partial charge on any atom is 0.230 e. The lowest BCUT2D eigenvalue weighted by atomic mass is 9.94. The summed E-state index contributed by atoms with van der Waals surface area (Å²) in [6.07, 6.45) is 0.730. The Hall–Kier alpha value is -1.61. The predicted molar refractivity (Wildman–Crippen MR) is 77.3 cm³/mol. The van der Waals surface area contributed by atoms with E-state index in [9.17, 15) is 4.79 Å². The van der Waals surface area contributed by atoms with Gasteiger partial charge in [0.2, 0.25) is 5.91 Å². The summed E-state index contributed by atoms with van der Waals surface area (Å²) in [6, 6.07) is 1.92. The first-order valence-corrected chi connectivity index (χ1v) is 7.11. The van der Waals surface area contributed by atoms with Gasteiger partial charge in [0.05, 0.1) is 17.7 Å². The summed E-state index contributed by atoms with van der Waals surface area (Å²) in [5.41, 5.74) is 0.790. The largest absolute Gasteiger partial charge is 0.354 e. The SMILES string of the molecule is CC(C)CC(C(=O)NCC#N)c1csc(N(C)C)n1. The minimum absolute atomic E-state index is 0.0398. The van der Waals surface area contributed by atoms with Gasteiger partial charge in [-0.2, -0.15) is 5.26 Å². The summed E-state index contributed by atoms with van der Waals surface area (Å²) in [6.45, 7) is 4.19. The molecule has 19 heavy (non-hydrogen) atoms. The van der Waals surface area contributed by atoms with Crippen LogP contribution in [0.1, 0.15) is 31.9 Å². The van der Waals surface area contributed by atoms with Crippen molar-refractivity contribution < 1.29 is 4.79 Å². The zero-order valence-electron chi connectivity index (χ0n) is 11.8. The van der Waals surface area contributed by atoms with E-state index >= 15 is 0 Å². The molecule has 0 radical (unpaired) electrons. The summed E-state index contributed by atoms with van der Waals surface area (Å²) in [5, 5.41) is 14.0. The van der Waals surface area contributed by atoms with E-state index in [-0.39, 0.29) is 18.4 Å². The van der Waals surface area contributed by atoms with Gasteiger partial charge in [-0.15, -0.1) is 11.3 Å². The fraction of sp³-hybridized carbons (Fsp3) is 0.615. The average Bonchev–Trinajstić information content (AvgIpc) is 2.82. The Morgan fingerprint density at radius 2 is 2.26 bits per heavy atom. The standard InChI is InChI=1S/C13H20N4OS/c1-9(2)7-10(12(18)15-6-5-14)11-8-19-13(16-11)17(3)4/h8-10H,6-7H2,1-4H3,(H,15,18). The number of nitrogens with one attached hydrogen (secondary N) is 1. The Morgan fingerprint density at radius 3 is 2.74 bits per heavy atom. The van der Waals surface area contributed by atoms with E-state index in [1.165, 1.54) is 11.3 Å². The van der Waals surface area contributed by atoms with E-state index in [1.54, 1.807) is 0 Å². The quantitative estimate of drug-likeness (QED) is 0.809. The van der Waals surface area contributed by atoms with Gasteiger partial charge < -0.3 is 10.2 Å². The van der Waals surface area contributed by atoms with Gasteiger partial charge in [0.25, 0.3) is 0 Å². The molecular weight excluding hydrogens is 260 g/mol. The maximum absolute atomic E-state index is 12.1. The van der Waals surface area contributed by atoms with Crippen LogP contribution in [0.3, 0.4) is 0 Å². The molecule has 0 aliphatic heterocycles. The van der Waals surface area contributed by atoms with Crippen LogP contribution in [-0.4, -0.2) is 31.5 Å². The van der Waals surface area contributed by atoms with Gasteiger partial charge in [-0.25, -0.2) is 4.98 Å². The predicted octanol–water partition coefficient (Wildman–Crippen LogP) is 1.98. The third kappa shape index (κ3) is 4.52. The molecule has 1 rings (SSSR count). The number of hydrogen-bond acceptors (Lipinski definition) is 5. The monoisotopic (exact) mass is 280 g/mol. The van der Waals surface area contributed by atoms with Crippen molar-refractivity contribution in [2.75, 3.05) is 25.5 Å². The van der Waals surface area contributed by atoms with Crippen molar-refractivity contribution in [3.63, 3.8) is 0 Å². The zero-order valence-corrected chi connectivity index (χ0v) is 12.6. The van der Waals surface area contributed by atoms with Crippen LogP contribution >= 0.6 is 11.3 Å². The van der Waals surface area contributed by atoms with Gasteiger partial charge in [0, 0.05) is 19.5 Å². The van der Waals surface area contributed by atoms with Crippen molar-refractivity contribution in [2.24, 2.45) is 5.92 Å². The second kappa shape index (κ2) is 7.10. The van der Waals surface area contributed by atoms with Gasteiger partial charge in [-0.3, -0.25) is 4.79 Å². The topological polar surface area (TPSA) is 69.0 Å². The molecule has 1 aromatic heterocycles. The van der Waals surface area contributed by atoms with Crippen LogP contribution < -0.4 is 10.2 Å². The van der Waals surface area contributed by atoms with E-state index in [0.717, 1.165) is 17.2 Å². The minimum atomic E-state index is -0.279. The highest BCUT2D eigenvalue weighted by atomic mass is 32.1. The molecule has 0 spiro atoms. The van der Waals surface area contributed by atoms with Crippen LogP contribution in [0.5, 0.6) is 0 Å². The van der Waals surface area contributed by atoms with Crippen LogP contribution in [0.2, 0.25) is 0 Å². The second-order valence-corrected chi connectivity index (χ2v) is 5.84. The molecule has 1 atom stereocenters. The number of carbonyl (C=O) groups excluding carboxylic acids is 1. The number of amides is 1. The lowest BCUT2D eigenvalue weighted by Gasteiger charge is -2.16. The molecule has 1 aromatic rings. The van der Waals surface area contributed by atoms with Gasteiger partial charge in [0.15, 0.2) is 5.13 Å². The molecule has 0 saturated carbocycles. The highest BCUT2D eigenvalue weighted by Gasteiger charge is 2.24. The molecule has 0 bridgehead atoms. The highest BCUT2D eigenvalue weighted by molar-refractivity contribution is 7.13. The van der Waals surface area contributed by atoms with Crippen molar-refractivity contribution in [2.45, 2.75) is 26.2 Å². The first kappa shape index (κ1) is 15.4. The number of carbonyl (C=O) groups is 1. The number of aromatic nitrogens is 1.